The van der Waals surface area contributed by atoms with Crippen molar-refractivity contribution in [2.45, 2.75) is 0 Å². The molecule has 1 heterocycles. The molecule has 0 saturated heterocycles. The molecule has 0 unspecified atom stereocenters. The lowest BCUT2D eigenvalue weighted by Gasteiger charge is -2.10. The Kier molecular flexibility index (Phi) is 3.31. The SMILES string of the molecule is O=C(O)c1cnc(-c2c(F)cccc2Cl)c2ccccc12. The molecule has 0 amide bonds. The summed E-state index contributed by atoms with van der Waals surface area (Å²) >= 11 is 6.07. The predicted octanol–water partition coefficient (Wildman–Crippen LogP) is 4.39. The van der Waals surface area contributed by atoms with Crippen molar-refractivity contribution in [1.29, 1.82) is 0 Å². The second-order valence-electron chi connectivity index (χ2n) is 4.47. The van der Waals surface area contributed by atoms with Gasteiger partial charge in [0, 0.05) is 11.6 Å². The summed E-state index contributed by atoms with van der Waals surface area (Å²) in [5, 5.41) is 10.5. The van der Waals surface area contributed by atoms with Crippen molar-refractivity contribution in [3.05, 3.63) is 65.1 Å². The molecule has 1 N–H and O–H groups in total. The first-order valence-corrected chi connectivity index (χ1v) is 6.53. The Hall–Kier alpha value is -2.46. The van der Waals surface area contributed by atoms with Gasteiger partial charge in [-0.3, -0.25) is 4.98 Å². The van der Waals surface area contributed by atoms with Crippen LogP contribution in [0, 0.1) is 5.82 Å². The van der Waals surface area contributed by atoms with E-state index in [-0.39, 0.29) is 16.1 Å². The van der Waals surface area contributed by atoms with E-state index >= 15 is 0 Å². The maximum absolute atomic E-state index is 14.1. The number of halogens is 2. The standard InChI is InChI=1S/C16H9ClFNO2/c17-12-6-3-7-13(18)14(12)15-10-5-2-1-4-9(10)11(8-19-15)16(20)21/h1-8H,(H,20,21). The number of carbonyl (C=O) groups is 1. The number of hydrogen-bond donors (Lipinski definition) is 1. The van der Waals surface area contributed by atoms with E-state index in [4.69, 9.17) is 11.6 Å². The lowest BCUT2D eigenvalue weighted by Crippen LogP contribution is -2.01. The first-order valence-electron chi connectivity index (χ1n) is 6.15. The van der Waals surface area contributed by atoms with Crippen LogP contribution in [0.15, 0.2) is 48.7 Å². The van der Waals surface area contributed by atoms with E-state index in [1.165, 1.54) is 18.3 Å². The normalized spacial score (nSPS) is 10.8. The summed E-state index contributed by atoms with van der Waals surface area (Å²) in [5.74, 6) is -1.58. The fourth-order valence-electron chi connectivity index (χ4n) is 2.29. The molecular weight excluding hydrogens is 293 g/mol. The first-order chi connectivity index (χ1) is 10.1. The summed E-state index contributed by atoms with van der Waals surface area (Å²) in [7, 11) is 0. The molecular formula is C16H9ClFNO2. The van der Waals surface area contributed by atoms with Crippen molar-refractivity contribution >= 4 is 28.3 Å². The topological polar surface area (TPSA) is 50.2 Å². The van der Waals surface area contributed by atoms with Gasteiger partial charge < -0.3 is 5.11 Å². The van der Waals surface area contributed by atoms with Crippen LogP contribution in [0.4, 0.5) is 4.39 Å². The summed E-state index contributed by atoms with van der Waals surface area (Å²) in [6.07, 6.45) is 1.22. The van der Waals surface area contributed by atoms with Gasteiger partial charge in [0.1, 0.15) is 5.82 Å². The molecule has 0 radical (unpaired) electrons. The van der Waals surface area contributed by atoms with Gasteiger partial charge in [0.15, 0.2) is 0 Å². The summed E-state index contributed by atoms with van der Waals surface area (Å²) < 4.78 is 14.1. The molecule has 1 aromatic heterocycles. The number of aromatic nitrogens is 1. The Bertz CT molecular complexity index is 844. The van der Waals surface area contributed by atoms with Crippen LogP contribution < -0.4 is 0 Å². The maximum Gasteiger partial charge on any atom is 0.337 e. The highest BCUT2D eigenvalue weighted by molar-refractivity contribution is 6.33. The number of fused-ring (bicyclic) bond motifs is 1. The molecule has 0 atom stereocenters. The monoisotopic (exact) mass is 301 g/mol. The molecule has 3 rings (SSSR count). The van der Waals surface area contributed by atoms with E-state index in [0.29, 0.717) is 16.5 Å². The van der Waals surface area contributed by atoms with Crippen molar-refractivity contribution in [1.82, 2.24) is 4.98 Å². The molecule has 104 valence electrons. The fourth-order valence-corrected chi connectivity index (χ4v) is 2.54. The number of carboxylic acid groups (broad SMARTS) is 1. The molecule has 2 aromatic carbocycles. The zero-order valence-electron chi connectivity index (χ0n) is 10.7. The van der Waals surface area contributed by atoms with E-state index in [0.717, 1.165) is 0 Å². The number of rotatable bonds is 2. The molecule has 3 aromatic rings. The molecule has 0 fully saturated rings. The first kappa shape index (κ1) is 13.5. The fraction of sp³-hybridized carbons (Fsp3) is 0. The maximum atomic E-state index is 14.1. The van der Waals surface area contributed by atoms with Crippen LogP contribution in [-0.4, -0.2) is 16.1 Å². The number of benzene rings is 2. The lowest BCUT2D eigenvalue weighted by molar-refractivity contribution is 0.0698. The van der Waals surface area contributed by atoms with E-state index in [1.807, 2.05) is 0 Å². The Labute approximate surface area is 124 Å². The van der Waals surface area contributed by atoms with Gasteiger partial charge in [-0.1, -0.05) is 41.9 Å². The molecule has 5 heteroatoms. The number of pyridine rings is 1. The summed E-state index contributed by atoms with van der Waals surface area (Å²) in [6, 6.07) is 11.2. The van der Waals surface area contributed by atoms with Crippen LogP contribution in [-0.2, 0) is 0 Å². The average molecular weight is 302 g/mol. The molecule has 0 saturated carbocycles. The van der Waals surface area contributed by atoms with E-state index in [9.17, 15) is 14.3 Å². The third-order valence-electron chi connectivity index (χ3n) is 3.23. The highest BCUT2D eigenvalue weighted by Gasteiger charge is 2.17. The van der Waals surface area contributed by atoms with Crippen molar-refractivity contribution < 1.29 is 14.3 Å². The molecule has 0 aliphatic heterocycles. The van der Waals surface area contributed by atoms with Gasteiger partial charge in [-0.25, -0.2) is 9.18 Å². The Morgan fingerprint density at radius 2 is 1.81 bits per heavy atom. The van der Waals surface area contributed by atoms with Crippen molar-refractivity contribution in [2.24, 2.45) is 0 Å². The lowest BCUT2D eigenvalue weighted by atomic mass is 10.0. The number of nitrogens with zero attached hydrogens (tertiary/aromatic N) is 1. The van der Waals surface area contributed by atoms with Crippen LogP contribution in [0.3, 0.4) is 0 Å². The highest BCUT2D eigenvalue weighted by atomic mass is 35.5. The molecule has 0 aliphatic rings. The van der Waals surface area contributed by atoms with Crippen LogP contribution in [0.25, 0.3) is 22.0 Å². The zero-order chi connectivity index (χ0) is 15.0. The summed E-state index contributed by atoms with van der Waals surface area (Å²) in [5.41, 5.74) is 0.577. The minimum Gasteiger partial charge on any atom is -0.478 e. The van der Waals surface area contributed by atoms with Crippen molar-refractivity contribution in [3.63, 3.8) is 0 Å². The van der Waals surface area contributed by atoms with Crippen molar-refractivity contribution in [2.75, 3.05) is 0 Å². The van der Waals surface area contributed by atoms with Gasteiger partial charge in [-0.15, -0.1) is 0 Å². The molecule has 0 spiro atoms. The predicted molar refractivity (Wildman–Crippen MR) is 79.1 cm³/mol. The summed E-state index contributed by atoms with van der Waals surface area (Å²) in [4.78, 5) is 15.4. The molecule has 3 nitrogen and oxygen atoms in total. The summed E-state index contributed by atoms with van der Waals surface area (Å²) in [6.45, 7) is 0. The smallest absolute Gasteiger partial charge is 0.337 e. The Morgan fingerprint density at radius 3 is 2.48 bits per heavy atom. The van der Waals surface area contributed by atoms with Crippen LogP contribution >= 0.6 is 11.6 Å². The van der Waals surface area contributed by atoms with Gasteiger partial charge >= 0.3 is 5.97 Å². The molecule has 0 aliphatic carbocycles. The van der Waals surface area contributed by atoms with Crippen LogP contribution in [0.1, 0.15) is 10.4 Å². The van der Waals surface area contributed by atoms with Crippen LogP contribution in [0.5, 0.6) is 0 Å². The number of hydrogen-bond acceptors (Lipinski definition) is 2. The minimum atomic E-state index is -1.08. The average Bonchev–Trinajstić information content (AvgIpc) is 2.46. The minimum absolute atomic E-state index is 0.0711. The molecule has 0 bridgehead atoms. The number of aromatic carboxylic acids is 1. The van der Waals surface area contributed by atoms with Gasteiger partial charge in [-0.05, 0) is 17.5 Å². The van der Waals surface area contributed by atoms with Gasteiger partial charge in [0.25, 0.3) is 0 Å². The largest absolute Gasteiger partial charge is 0.478 e. The van der Waals surface area contributed by atoms with Gasteiger partial charge in [-0.2, -0.15) is 0 Å². The third kappa shape index (κ3) is 2.23. The van der Waals surface area contributed by atoms with Crippen molar-refractivity contribution in [3.8, 4) is 11.3 Å². The Morgan fingerprint density at radius 1 is 1.10 bits per heavy atom. The molecule has 21 heavy (non-hydrogen) atoms. The van der Waals surface area contributed by atoms with E-state index in [1.54, 1.807) is 30.3 Å². The third-order valence-corrected chi connectivity index (χ3v) is 3.54. The van der Waals surface area contributed by atoms with E-state index in [2.05, 4.69) is 4.98 Å². The van der Waals surface area contributed by atoms with Crippen LogP contribution in [0.2, 0.25) is 5.02 Å². The second-order valence-corrected chi connectivity index (χ2v) is 4.88. The van der Waals surface area contributed by atoms with Gasteiger partial charge in [0.05, 0.1) is 21.8 Å². The van der Waals surface area contributed by atoms with Gasteiger partial charge in [0.2, 0.25) is 0 Å². The second kappa shape index (κ2) is 5.14. The Balaban J connectivity index is 2.41. The van der Waals surface area contributed by atoms with E-state index < -0.39 is 11.8 Å². The quantitative estimate of drug-likeness (QED) is 0.763. The zero-order valence-corrected chi connectivity index (χ0v) is 11.4. The highest BCUT2D eigenvalue weighted by Crippen LogP contribution is 2.34. The number of carboxylic acids is 1.